The van der Waals surface area contributed by atoms with E-state index < -0.39 is 5.92 Å². The van der Waals surface area contributed by atoms with Gasteiger partial charge in [-0.25, -0.2) is 4.98 Å². The summed E-state index contributed by atoms with van der Waals surface area (Å²) in [5.74, 6) is -0.919. The zero-order valence-electron chi connectivity index (χ0n) is 9.80. The minimum absolute atomic E-state index is 0.0691. The highest BCUT2D eigenvalue weighted by molar-refractivity contribution is 7.11. The first kappa shape index (κ1) is 13.4. The van der Waals surface area contributed by atoms with Crippen molar-refractivity contribution in [3.8, 4) is 0 Å². The number of hydrogen-bond acceptors (Lipinski definition) is 5. The molecule has 1 unspecified atom stereocenters. The lowest BCUT2D eigenvalue weighted by atomic mass is 10.1. The van der Waals surface area contributed by atoms with E-state index in [0.29, 0.717) is 13.0 Å². The number of amidine groups is 1. The number of aromatic nitrogens is 1. The van der Waals surface area contributed by atoms with Crippen LogP contribution in [0, 0.1) is 12.8 Å². The molecule has 0 aliphatic heterocycles. The molecular formula is C10H16N4O2S. The molecular weight excluding hydrogens is 240 g/mol. The number of thiazole rings is 1. The normalized spacial score (nSPS) is 13.4. The lowest BCUT2D eigenvalue weighted by Gasteiger charge is -2.12. The Balaban J connectivity index is 2.54. The molecule has 1 atom stereocenters. The van der Waals surface area contributed by atoms with Gasteiger partial charge in [0.25, 0.3) is 0 Å². The first-order chi connectivity index (χ1) is 8.08. The molecule has 0 aliphatic carbocycles. The van der Waals surface area contributed by atoms with Crippen molar-refractivity contribution in [2.24, 2.45) is 16.8 Å². The molecule has 94 valence electrons. The highest BCUT2D eigenvalue weighted by Gasteiger charge is 2.20. The SMILES string of the molecule is CCC(C(=O)NCc1ncc(C)s1)/C(N)=N/O. The third-order valence-corrected chi connectivity index (χ3v) is 3.19. The topological polar surface area (TPSA) is 101 Å². The standard InChI is InChI=1S/C10H16N4O2S/c1-3-7(9(11)14-16)10(15)13-5-8-12-4-6(2)17-8/h4,7,16H,3,5H2,1-2H3,(H2,11,14)(H,13,15). The molecule has 6 nitrogen and oxygen atoms in total. The summed E-state index contributed by atoms with van der Waals surface area (Å²) in [4.78, 5) is 17.0. The third-order valence-electron chi connectivity index (χ3n) is 2.28. The molecule has 1 rings (SSSR count). The second kappa shape index (κ2) is 6.19. The van der Waals surface area contributed by atoms with Gasteiger partial charge in [-0.2, -0.15) is 0 Å². The van der Waals surface area contributed by atoms with Gasteiger partial charge in [0.2, 0.25) is 5.91 Å². The maximum Gasteiger partial charge on any atom is 0.231 e. The molecule has 0 aliphatic rings. The van der Waals surface area contributed by atoms with Crippen molar-refractivity contribution in [1.82, 2.24) is 10.3 Å². The van der Waals surface area contributed by atoms with E-state index in [9.17, 15) is 4.79 Å². The fourth-order valence-electron chi connectivity index (χ4n) is 1.37. The Bertz CT molecular complexity index is 416. The number of carbonyl (C=O) groups excluding carboxylic acids is 1. The van der Waals surface area contributed by atoms with Crippen LogP contribution in [0.25, 0.3) is 0 Å². The average Bonchev–Trinajstić information content (AvgIpc) is 2.73. The van der Waals surface area contributed by atoms with E-state index in [-0.39, 0.29) is 11.7 Å². The number of rotatable bonds is 5. The minimum atomic E-state index is -0.596. The van der Waals surface area contributed by atoms with E-state index in [0.717, 1.165) is 9.88 Å². The summed E-state index contributed by atoms with van der Waals surface area (Å²) in [6.45, 7) is 4.12. The van der Waals surface area contributed by atoms with Crippen LogP contribution in [-0.2, 0) is 11.3 Å². The smallest absolute Gasteiger partial charge is 0.231 e. The van der Waals surface area contributed by atoms with E-state index in [2.05, 4.69) is 15.5 Å². The lowest BCUT2D eigenvalue weighted by Crippen LogP contribution is -2.38. The number of amides is 1. The first-order valence-electron chi connectivity index (χ1n) is 5.24. The quantitative estimate of drug-likeness (QED) is 0.314. The van der Waals surface area contributed by atoms with Crippen molar-refractivity contribution in [1.29, 1.82) is 0 Å². The Morgan fingerprint density at radius 2 is 2.47 bits per heavy atom. The predicted molar refractivity (Wildman–Crippen MR) is 65.9 cm³/mol. The fraction of sp³-hybridized carbons (Fsp3) is 0.500. The zero-order valence-corrected chi connectivity index (χ0v) is 10.6. The molecule has 7 heteroatoms. The van der Waals surface area contributed by atoms with Crippen LogP contribution in [-0.4, -0.2) is 21.9 Å². The van der Waals surface area contributed by atoms with Crippen LogP contribution in [0.5, 0.6) is 0 Å². The molecule has 0 bridgehead atoms. The van der Waals surface area contributed by atoms with Crippen LogP contribution in [0.3, 0.4) is 0 Å². The molecule has 0 radical (unpaired) electrons. The van der Waals surface area contributed by atoms with E-state index in [4.69, 9.17) is 10.9 Å². The molecule has 0 aromatic carbocycles. The number of aryl methyl sites for hydroxylation is 1. The summed E-state index contributed by atoms with van der Waals surface area (Å²) in [7, 11) is 0. The first-order valence-corrected chi connectivity index (χ1v) is 6.06. The van der Waals surface area contributed by atoms with Crippen LogP contribution in [0.4, 0.5) is 0 Å². The van der Waals surface area contributed by atoms with Crippen molar-refractivity contribution in [2.45, 2.75) is 26.8 Å². The minimum Gasteiger partial charge on any atom is -0.409 e. The Labute approximate surface area is 104 Å². The fourth-order valence-corrected chi connectivity index (χ4v) is 2.09. The summed E-state index contributed by atoms with van der Waals surface area (Å²) in [6, 6.07) is 0. The van der Waals surface area contributed by atoms with Crippen molar-refractivity contribution in [3.05, 3.63) is 16.1 Å². The summed E-state index contributed by atoms with van der Waals surface area (Å²) in [5.41, 5.74) is 5.43. The van der Waals surface area contributed by atoms with E-state index in [1.165, 1.54) is 11.3 Å². The maximum atomic E-state index is 11.7. The predicted octanol–water partition coefficient (Wildman–Crippen LogP) is 0.840. The summed E-state index contributed by atoms with van der Waals surface area (Å²) in [6.07, 6.45) is 2.24. The molecule has 1 aromatic heterocycles. The van der Waals surface area contributed by atoms with Gasteiger partial charge >= 0.3 is 0 Å². The summed E-state index contributed by atoms with van der Waals surface area (Å²) in [5, 5.41) is 15.0. The van der Waals surface area contributed by atoms with Crippen molar-refractivity contribution >= 4 is 23.1 Å². The van der Waals surface area contributed by atoms with Crippen molar-refractivity contribution in [2.75, 3.05) is 0 Å². The molecule has 1 heterocycles. The largest absolute Gasteiger partial charge is 0.409 e. The van der Waals surface area contributed by atoms with Crippen LogP contribution in [0.1, 0.15) is 23.2 Å². The van der Waals surface area contributed by atoms with Gasteiger partial charge in [-0.05, 0) is 13.3 Å². The Hall–Kier alpha value is -1.63. The Morgan fingerprint density at radius 3 is 2.94 bits per heavy atom. The van der Waals surface area contributed by atoms with Gasteiger partial charge in [0.15, 0.2) is 5.84 Å². The van der Waals surface area contributed by atoms with Crippen LogP contribution >= 0.6 is 11.3 Å². The van der Waals surface area contributed by atoms with E-state index in [1.807, 2.05) is 6.92 Å². The van der Waals surface area contributed by atoms with Gasteiger partial charge < -0.3 is 16.3 Å². The molecule has 1 aromatic rings. The van der Waals surface area contributed by atoms with Crippen molar-refractivity contribution < 1.29 is 10.0 Å². The second-order valence-electron chi connectivity index (χ2n) is 3.57. The molecule has 4 N–H and O–H groups in total. The van der Waals surface area contributed by atoms with Crippen molar-refractivity contribution in [3.63, 3.8) is 0 Å². The van der Waals surface area contributed by atoms with E-state index in [1.54, 1.807) is 13.1 Å². The van der Waals surface area contributed by atoms with Gasteiger partial charge in [0.05, 0.1) is 12.5 Å². The molecule has 1 amide bonds. The number of oxime groups is 1. The maximum absolute atomic E-state index is 11.7. The van der Waals surface area contributed by atoms with E-state index >= 15 is 0 Å². The zero-order chi connectivity index (χ0) is 12.8. The van der Waals surface area contributed by atoms with Crippen LogP contribution < -0.4 is 11.1 Å². The monoisotopic (exact) mass is 256 g/mol. The molecule has 17 heavy (non-hydrogen) atoms. The van der Waals surface area contributed by atoms with Gasteiger partial charge in [-0.3, -0.25) is 4.79 Å². The number of hydrogen-bond donors (Lipinski definition) is 3. The Kier molecular flexibility index (Phi) is 4.89. The highest BCUT2D eigenvalue weighted by Crippen LogP contribution is 2.11. The number of nitrogens with one attached hydrogen (secondary N) is 1. The third kappa shape index (κ3) is 3.70. The molecule has 0 spiro atoms. The summed E-state index contributed by atoms with van der Waals surface area (Å²) < 4.78 is 0. The van der Waals surface area contributed by atoms with Gasteiger partial charge in [0.1, 0.15) is 5.01 Å². The number of carbonyl (C=O) groups is 1. The molecule has 0 fully saturated rings. The lowest BCUT2D eigenvalue weighted by molar-refractivity contribution is -0.123. The summed E-state index contributed by atoms with van der Waals surface area (Å²) >= 11 is 1.53. The van der Waals surface area contributed by atoms with Gasteiger partial charge in [0, 0.05) is 11.1 Å². The highest BCUT2D eigenvalue weighted by atomic mass is 32.1. The van der Waals surface area contributed by atoms with Crippen LogP contribution in [0.15, 0.2) is 11.4 Å². The number of nitrogens with zero attached hydrogens (tertiary/aromatic N) is 2. The Morgan fingerprint density at radius 1 is 1.76 bits per heavy atom. The molecule has 0 saturated heterocycles. The average molecular weight is 256 g/mol. The van der Waals surface area contributed by atoms with Gasteiger partial charge in [-0.1, -0.05) is 12.1 Å². The van der Waals surface area contributed by atoms with Gasteiger partial charge in [-0.15, -0.1) is 11.3 Å². The van der Waals surface area contributed by atoms with Crippen LogP contribution in [0.2, 0.25) is 0 Å². The molecule has 0 saturated carbocycles. The second-order valence-corrected chi connectivity index (χ2v) is 4.89. The number of nitrogens with two attached hydrogens (primary N) is 1.